The van der Waals surface area contributed by atoms with Crippen molar-refractivity contribution in [2.24, 2.45) is 0 Å². The van der Waals surface area contributed by atoms with Crippen LogP contribution >= 0.6 is 11.8 Å². The highest BCUT2D eigenvalue weighted by Gasteiger charge is 2.19. The van der Waals surface area contributed by atoms with E-state index in [1.165, 1.54) is 24.1 Å². The Kier molecular flexibility index (Phi) is 4.65. The first kappa shape index (κ1) is 12.6. The monoisotopic (exact) mass is 223 g/mol. The van der Waals surface area contributed by atoms with Crippen molar-refractivity contribution < 1.29 is 0 Å². The fourth-order valence-corrected chi connectivity index (χ4v) is 1.74. The SMILES string of the molecule is CCCCc1ccc(C(C)(C)SC)nc1. The summed E-state index contributed by atoms with van der Waals surface area (Å²) in [6, 6.07) is 4.39. The average Bonchev–Trinajstić information content (AvgIpc) is 2.27. The molecular weight excluding hydrogens is 202 g/mol. The van der Waals surface area contributed by atoms with Gasteiger partial charge in [-0.1, -0.05) is 19.4 Å². The van der Waals surface area contributed by atoms with E-state index in [4.69, 9.17) is 0 Å². The van der Waals surface area contributed by atoms with Crippen LogP contribution in [0.3, 0.4) is 0 Å². The first-order valence-electron chi connectivity index (χ1n) is 5.60. The quantitative estimate of drug-likeness (QED) is 0.747. The lowest BCUT2D eigenvalue weighted by Crippen LogP contribution is -2.13. The van der Waals surface area contributed by atoms with Gasteiger partial charge >= 0.3 is 0 Å². The molecule has 0 fully saturated rings. The van der Waals surface area contributed by atoms with Gasteiger partial charge in [0.1, 0.15) is 0 Å². The minimum Gasteiger partial charge on any atom is -0.260 e. The van der Waals surface area contributed by atoms with Crippen LogP contribution in [0, 0.1) is 0 Å². The number of rotatable bonds is 5. The number of thioether (sulfide) groups is 1. The predicted molar refractivity (Wildman–Crippen MR) is 69.4 cm³/mol. The molecule has 0 aliphatic carbocycles. The van der Waals surface area contributed by atoms with Gasteiger partial charge in [-0.3, -0.25) is 4.98 Å². The smallest absolute Gasteiger partial charge is 0.0558 e. The normalized spacial score (nSPS) is 11.7. The third-order valence-electron chi connectivity index (χ3n) is 2.77. The Bertz CT molecular complexity index is 290. The molecule has 0 N–H and O–H groups in total. The van der Waals surface area contributed by atoms with Crippen LogP contribution in [0.4, 0.5) is 0 Å². The maximum atomic E-state index is 4.55. The molecule has 1 aromatic heterocycles. The molecule has 2 heteroatoms. The third-order valence-corrected chi connectivity index (χ3v) is 4.00. The molecule has 0 aromatic carbocycles. The zero-order valence-electron chi connectivity index (χ0n) is 10.2. The number of hydrogen-bond acceptors (Lipinski definition) is 2. The van der Waals surface area contributed by atoms with Crippen LogP contribution in [-0.2, 0) is 11.2 Å². The fraction of sp³-hybridized carbons (Fsp3) is 0.615. The molecule has 0 saturated carbocycles. The number of hydrogen-bond donors (Lipinski definition) is 0. The van der Waals surface area contributed by atoms with Crippen LogP contribution < -0.4 is 0 Å². The predicted octanol–water partition coefficient (Wildman–Crippen LogP) is 4.02. The van der Waals surface area contributed by atoms with Crippen molar-refractivity contribution in [1.82, 2.24) is 4.98 Å². The van der Waals surface area contributed by atoms with Gasteiger partial charge in [-0.05, 0) is 44.6 Å². The van der Waals surface area contributed by atoms with Crippen molar-refractivity contribution in [3.05, 3.63) is 29.6 Å². The number of nitrogens with zero attached hydrogens (tertiary/aromatic N) is 1. The standard InChI is InChI=1S/C13H21NS/c1-5-6-7-11-8-9-12(14-10-11)13(2,3)15-4/h8-10H,5-7H2,1-4H3. The molecule has 1 heterocycles. The van der Waals surface area contributed by atoms with E-state index in [-0.39, 0.29) is 4.75 Å². The number of aryl methyl sites for hydroxylation is 1. The summed E-state index contributed by atoms with van der Waals surface area (Å²) in [4.78, 5) is 4.55. The second kappa shape index (κ2) is 5.55. The maximum absolute atomic E-state index is 4.55. The van der Waals surface area contributed by atoms with Gasteiger partial charge in [-0.25, -0.2) is 0 Å². The highest BCUT2D eigenvalue weighted by molar-refractivity contribution is 7.99. The molecule has 1 aromatic rings. The van der Waals surface area contributed by atoms with Crippen LogP contribution in [0.15, 0.2) is 18.3 Å². The largest absolute Gasteiger partial charge is 0.260 e. The van der Waals surface area contributed by atoms with Crippen molar-refractivity contribution in [3.63, 3.8) is 0 Å². The van der Waals surface area contributed by atoms with E-state index in [2.05, 4.69) is 44.1 Å². The van der Waals surface area contributed by atoms with E-state index in [0.717, 1.165) is 6.42 Å². The van der Waals surface area contributed by atoms with Gasteiger partial charge in [0.15, 0.2) is 0 Å². The van der Waals surface area contributed by atoms with Gasteiger partial charge in [0.2, 0.25) is 0 Å². The molecule has 0 atom stereocenters. The van der Waals surface area contributed by atoms with Crippen molar-refractivity contribution in [2.75, 3.05) is 6.26 Å². The van der Waals surface area contributed by atoms with Crippen LogP contribution in [0.25, 0.3) is 0 Å². The molecule has 0 aliphatic heterocycles. The topological polar surface area (TPSA) is 12.9 Å². The van der Waals surface area contributed by atoms with E-state index in [1.807, 2.05) is 18.0 Å². The molecular formula is C13H21NS. The Balaban J connectivity index is 2.72. The Hall–Kier alpha value is -0.500. The molecule has 0 bridgehead atoms. The Morgan fingerprint density at radius 2 is 2.07 bits per heavy atom. The molecule has 0 aliphatic rings. The Morgan fingerprint density at radius 3 is 2.53 bits per heavy atom. The highest BCUT2D eigenvalue weighted by Crippen LogP contribution is 2.31. The summed E-state index contributed by atoms with van der Waals surface area (Å²) in [5.74, 6) is 0. The molecule has 84 valence electrons. The van der Waals surface area contributed by atoms with Gasteiger partial charge in [-0.2, -0.15) is 11.8 Å². The molecule has 0 spiro atoms. The van der Waals surface area contributed by atoms with Gasteiger partial charge in [0.05, 0.1) is 10.4 Å². The molecule has 1 rings (SSSR count). The number of aromatic nitrogens is 1. The van der Waals surface area contributed by atoms with Crippen LogP contribution in [-0.4, -0.2) is 11.2 Å². The molecule has 0 saturated heterocycles. The fourth-order valence-electron chi connectivity index (χ4n) is 1.41. The van der Waals surface area contributed by atoms with Crippen LogP contribution in [0.2, 0.25) is 0 Å². The molecule has 15 heavy (non-hydrogen) atoms. The molecule has 1 nitrogen and oxygen atoms in total. The average molecular weight is 223 g/mol. The summed E-state index contributed by atoms with van der Waals surface area (Å²) in [5, 5.41) is 0. The van der Waals surface area contributed by atoms with E-state index in [0.29, 0.717) is 0 Å². The summed E-state index contributed by atoms with van der Waals surface area (Å²) in [5.41, 5.74) is 2.53. The second-order valence-corrected chi connectivity index (χ2v) is 5.80. The maximum Gasteiger partial charge on any atom is 0.0558 e. The lowest BCUT2D eigenvalue weighted by atomic mass is 10.1. The molecule has 0 amide bonds. The molecule has 0 radical (unpaired) electrons. The first-order chi connectivity index (χ1) is 7.10. The van der Waals surface area contributed by atoms with Crippen molar-refractivity contribution in [2.45, 2.75) is 44.8 Å². The van der Waals surface area contributed by atoms with E-state index in [9.17, 15) is 0 Å². The lowest BCUT2D eigenvalue weighted by molar-refractivity contribution is 0.741. The van der Waals surface area contributed by atoms with Gasteiger partial charge in [0, 0.05) is 6.20 Å². The minimum atomic E-state index is 0.128. The molecule has 0 unspecified atom stereocenters. The van der Waals surface area contributed by atoms with E-state index >= 15 is 0 Å². The zero-order valence-corrected chi connectivity index (χ0v) is 11.0. The third kappa shape index (κ3) is 3.53. The minimum absolute atomic E-state index is 0.128. The summed E-state index contributed by atoms with van der Waals surface area (Å²) < 4.78 is 0.128. The van der Waals surface area contributed by atoms with E-state index in [1.54, 1.807) is 0 Å². The summed E-state index contributed by atoms with van der Waals surface area (Å²) in [6.45, 7) is 6.65. The summed E-state index contributed by atoms with van der Waals surface area (Å²) in [7, 11) is 0. The zero-order chi connectivity index (χ0) is 11.3. The van der Waals surface area contributed by atoms with Crippen LogP contribution in [0.5, 0.6) is 0 Å². The summed E-state index contributed by atoms with van der Waals surface area (Å²) in [6.07, 6.45) is 7.82. The van der Waals surface area contributed by atoms with Crippen molar-refractivity contribution >= 4 is 11.8 Å². The first-order valence-corrected chi connectivity index (χ1v) is 6.83. The van der Waals surface area contributed by atoms with Crippen molar-refractivity contribution in [3.8, 4) is 0 Å². The number of unbranched alkanes of at least 4 members (excludes halogenated alkanes) is 1. The summed E-state index contributed by atoms with van der Waals surface area (Å²) >= 11 is 1.84. The highest BCUT2D eigenvalue weighted by atomic mass is 32.2. The van der Waals surface area contributed by atoms with Crippen LogP contribution in [0.1, 0.15) is 44.9 Å². The number of pyridine rings is 1. The van der Waals surface area contributed by atoms with Gasteiger partial charge in [-0.15, -0.1) is 0 Å². The Morgan fingerprint density at radius 1 is 1.33 bits per heavy atom. The van der Waals surface area contributed by atoms with Gasteiger partial charge in [0.25, 0.3) is 0 Å². The van der Waals surface area contributed by atoms with Crippen molar-refractivity contribution in [1.29, 1.82) is 0 Å². The van der Waals surface area contributed by atoms with Gasteiger partial charge < -0.3 is 0 Å². The Labute approximate surface area is 97.7 Å². The lowest BCUT2D eigenvalue weighted by Gasteiger charge is -2.21. The van der Waals surface area contributed by atoms with E-state index < -0.39 is 0 Å². The second-order valence-electron chi connectivity index (χ2n) is 4.37.